The van der Waals surface area contributed by atoms with Gasteiger partial charge in [-0.25, -0.2) is 5.21 Å². The Morgan fingerprint density at radius 2 is 1.88 bits per heavy atom. The maximum Gasteiger partial charge on any atom is 0.164 e. The number of carbonyl (C=O) groups is 2. The lowest BCUT2D eigenvalue weighted by Gasteiger charge is -2.11. The van der Waals surface area contributed by atoms with Crippen molar-refractivity contribution in [2.24, 2.45) is 0 Å². The highest BCUT2D eigenvalue weighted by atomic mass is 16.8. The van der Waals surface area contributed by atoms with Crippen LogP contribution in [-0.4, -0.2) is 16.8 Å². The number of quaternary nitrogens is 1. The van der Waals surface area contributed by atoms with Gasteiger partial charge in [-0.15, -0.1) is 0 Å². The Hall–Kier alpha value is -1.82. The number of rotatable bonds is 4. The van der Waals surface area contributed by atoms with Gasteiger partial charge in [0, 0.05) is 12.1 Å². The molecule has 5 nitrogen and oxygen atoms in total. The molecule has 0 heterocycles. The third-order valence-corrected chi connectivity index (χ3v) is 2.20. The van der Waals surface area contributed by atoms with Crippen molar-refractivity contribution in [2.45, 2.75) is 13.8 Å². The zero-order valence-electron chi connectivity index (χ0n) is 9.56. The van der Waals surface area contributed by atoms with Gasteiger partial charge in [0.25, 0.3) is 0 Å². The van der Waals surface area contributed by atoms with Crippen molar-refractivity contribution in [3.05, 3.63) is 40.6 Å². The Morgan fingerprint density at radius 1 is 1.29 bits per heavy atom. The second-order valence-corrected chi connectivity index (χ2v) is 3.60. The number of Topliss-reactive ketones (excluding diaryl/α,β-unsaturated/α-hetero) is 2. The quantitative estimate of drug-likeness (QED) is 0.347. The fourth-order valence-electron chi connectivity index (χ4n) is 1.38. The highest BCUT2D eigenvalue weighted by molar-refractivity contribution is 6.21. The van der Waals surface area contributed by atoms with Gasteiger partial charge in [-0.2, -0.15) is 5.23 Å². The normalized spacial score (nSPS) is 11.8. The molecule has 0 aromatic heterocycles. The number of allylic oxidation sites excluding steroid dienone is 1. The molecule has 0 spiro atoms. The first-order chi connectivity index (χ1) is 7.91. The Morgan fingerprint density at radius 3 is 2.35 bits per heavy atom. The first-order valence-corrected chi connectivity index (χ1v) is 4.98. The molecule has 0 fully saturated rings. The molecule has 1 aromatic rings. The van der Waals surface area contributed by atoms with Crippen LogP contribution in [0.2, 0.25) is 0 Å². The summed E-state index contributed by atoms with van der Waals surface area (Å²) in [4.78, 5) is 22.4. The number of nitrogens with one attached hydrogen (secondary N) is 1. The van der Waals surface area contributed by atoms with E-state index in [9.17, 15) is 14.8 Å². The lowest BCUT2D eigenvalue weighted by molar-refractivity contribution is -0.991. The molecule has 90 valence electrons. The zero-order valence-corrected chi connectivity index (χ0v) is 9.56. The van der Waals surface area contributed by atoms with Crippen molar-refractivity contribution in [1.29, 1.82) is 0 Å². The van der Waals surface area contributed by atoms with Crippen LogP contribution in [0.4, 0.5) is 5.69 Å². The summed E-state index contributed by atoms with van der Waals surface area (Å²) >= 11 is 0. The lowest BCUT2D eigenvalue weighted by Crippen LogP contribution is -2.99. The zero-order chi connectivity index (χ0) is 13.0. The van der Waals surface area contributed by atoms with Crippen LogP contribution in [0.1, 0.15) is 19.4 Å². The molecule has 1 aromatic carbocycles. The van der Waals surface area contributed by atoms with E-state index in [0.29, 0.717) is 5.56 Å². The fourth-order valence-corrected chi connectivity index (χ4v) is 1.38. The van der Waals surface area contributed by atoms with Crippen LogP contribution in [0.5, 0.6) is 0 Å². The van der Waals surface area contributed by atoms with Crippen molar-refractivity contribution >= 4 is 23.3 Å². The second kappa shape index (κ2) is 5.49. The minimum Gasteiger partial charge on any atom is -0.595 e. The molecule has 2 N–H and O–H groups in total. The van der Waals surface area contributed by atoms with Gasteiger partial charge in [-0.05, 0) is 25.5 Å². The van der Waals surface area contributed by atoms with E-state index in [1.165, 1.54) is 32.1 Å². The van der Waals surface area contributed by atoms with E-state index in [2.05, 4.69) is 0 Å². The smallest absolute Gasteiger partial charge is 0.164 e. The molecule has 0 saturated carbocycles. The first kappa shape index (κ1) is 13.2. The van der Waals surface area contributed by atoms with Crippen molar-refractivity contribution in [3.8, 4) is 0 Å². The molecule has 1 rings (SSSR count). The number of carbonyl (C=O) groups excluding carboxylic acids is 2. The molecular weight excluding hydrogens is 222 g/mol. The van der Waals surface area contributed by atoms with E-state index in [1.807, 2.05) is 0 Å². The van der Waals surface area contributed by atoms with E-state index < -0.39 is 5.23 Å². The predicted octanol–water partition coefficient (Wildman–Crippen LogP) is 0.651. The Labute approximate surface area is 98.5 Å². The van der Waals surface area contributed by atoms with Crippen LogP contribution in [0.15, 0.2) is 29.8 Å². The summed E-state index contributed by atoms with van der Waals surface area (Å²) < 4.78 is 0. The van der Waals surface area contributed by atoms with Crippen molar-refractivity contribution in [1.82, 2.24) is 0 Å². The molecule has 0 aliphatic carbocycles. The largest absolute Gasteiger partial charge is 0.595 e. The maximum absolute atomic E-state index is 11.2. The van der Waals surface area contributed by atoms with E-state index in [-0.39, 0.29) is 22.8 Å². The molecule has 5 heteroatoms. The summed E-state index contributed by atoms with van der Waals surface area (Å²) in [6, 6.07) is 6.06. The van der Waals surface area contributed by atoms with Gasteiger partial charge in [0.05, 0.1) is 5.57 Å². The van der Waals surface area contributed by atoms with E-state index in [4.69, 9.17) is 5.21 Å². The standard InChI is InChI=1S/C12H13NO4/c1-8(14)12(9(2)15)7-10-4-3-5-11(6-10)13(16)17/h3-7,13,16H,1-2H3. The molecule has 1 atom stereocenters. The highest BCUT2D eigenvalue weighted by Gasteiger charge is 2.09. The third kappa shape index (κ3) is 3.60. The molecule has 0 aliphatic heterocycles. The topological polar surface area (TPSA) is 81.9 Å². The van der Waals surface area contributed by atoms with E-state index >= 15 is 0 Å². The summed E-state index contributed by atoms with van der Waals surface area (Å²) in [6.07, 6.45) is 1.40. The molecule has 0 saturated heterocycles. The van der Waals surface area contributed by atoms with Crippen LogP contribution in [0, 0.1) is 5.21 Å². The molecule has 0 amide bonds. The average Bonchev–Trinajstić information content (AvgIpc) is 2.25. The van der Waals surface area contributed by atoms with Crippen LogP contribution in [0.3, 0.4) is 0 Å². The van der Waals surface area contributed by atoms with Gasteiger partial charge in [-0.3, -0.25) is 9.59 Å². The Kier molecular flexibility index (Phi) is 4.28. The maximum atomic E-state index is 11.2. The fraction of sp³-hybridized carbons (Fsp3) is 0.167. The minimum atomic E-state index is -1.05. The predicted molar refractivity (Wildman–Crippen MR) is 61.6 cm³/mol. The molecular formula is C12H13NO4. The molecule has 0 bridgehead atoms. The Balaban J connectivity index is 3.16. The van der Waals surface area contributed by atoms with Gasteiger partial charge in [0.2, 0.25) is 0 Å². The van der Waals surface area contributed by atoms with Gasteiger partial charge < -0.3 is 5.21 Å². The highest BCUT2D eigenvalue weighted by Crippen LogP contribution is 2.12. The van der Waals surface area contributed by atoms with E-state index in [0.717, 1.165) is 0 Å². The molecule has 1 unspecified atom stereocenters. The molecule has 17 heavy (non-hydrogen) atoms. The van der Waals surface area contributed by atoms with Crippen LogP contribution in [0.25, 0.3) is 6.08 Å². The van der Waals surface area contributed by atoms with Crippen LogP contribution < -0.4 is 5.23 Å². The monoisotopic (exact) mass is 235 g/mol. The number of hydrogen-bond acceptors (Lipinski definition) is 4. The van der Waals surface area contributed by atoms with Crippen LogP contribution in [-0.2, 0) is 9.59 Å². The summed E-state index contributed by atoms with van der Waals surface area (Å²) in [5.74, 6) is -0.670. The van der Waals surface area contributed by atoms with Crippen molar-refractivity contribution in [2.75, 3.05) is 0 Å². The minimum absolute atomic E-state index is 0.0625. The summed E-state index contributed by atoms with van der Waals surface area (Å²) in [5.41, 5.74) is 0.697. The summed E-state index contributed by atoms with van der Waals surface area (Å²) in [5, 5.41) is 18.5. The molecule has 0 radical (unpaired) electrons. The lowest BCUT2D eigenvalue weighted by atomic mass is 10.0. The summed E-state index contributed by atoms with van der Waals surface area (Å²) in [7, 11) is 0. The van der Waals surface area contributed by atoms with E-state index in [1.54, 1.807) is 12.1 Å². The number of hydrogen-bond donors (Lipinski definition) is 2. The first-order valence-electron chi connectivity index (χ1n) is 4.98. The Bertz CT molecular complexity index is 461. The van der Waals surface area contributed by atoms with Gasteiger partial charge in [0.15, 0.2) is 17.3 Å². The van der Waals surface area contributed by atoms with Gasteiger partial charge in [0.1, 0.15) is 0 Å². The second-order valence-electron chi connectivity index (χ2n) is 3.60. The van der Waals surface area contributed by atoms with Crippen molar-refractivity contribution < 1.29 is 20.0 Å². The number of ketones is 2. The number of benzene rings is 1. The average molecular weight is 235 g/mol. The summed E-state index contributed by atoms with van der Waals surface area (Å²) in [6.45, 7) is 2.60. The molecule has 0 aliphatic rings. The third-order valence-electron chi connectivity index (χ3n) is 2.20. The van der Waals surface area contributed by atoms with Gasteiger partial charge in [-0.1, -0.05) is 12.1 Å². The van der Waals surface area contributed by atoms with Crippen LogP contribution >= 0.6 is 0 Å². The van der Waals surface area contributed by atoms with Crippen molar-refractivity contribution in [3.63, 3.8) is 0 Å². The van der Waals surface area contributed by atoms with Gasteiger partial charge >= 0.3 is 0 Å². The SMILES string of the molecule is CC(=O)C(=Cc1cccc([NH+]([O-])O)c1)C(C)=O.